The van der Waals surface area contributed by atoms with Gasteiger partial charge in [0.2, 0.25) is 0 Å². The zero-order valence-electron chi connectivity index (χ0n) is 12.3. The van der Waals surface area contributed by atoms with Crippen LogP contribution in [0.15, 0.2) is 30.3 Å². The Morgan fingerprint density at radius 1 is 1.21 bits per heavy atom. The van der Waals surface area contributed by atoms with Crippen LogP contribution in [0.2, 0.25) is 0 Å². The lowest BCUT2D eigenvalue weighted by atomic mass is 9.87. The first-order chi connectivity index (χ1) is 8.99. The van der Waals surface area contributed by atoms with Crippen LogP contribution in [0.25, 0.3) is 0 Å². The summed E-state index contributed by atoms with van der Waals surface area (Å²) in [5, 5.41) is 13.0. The van der Waals surface area contributed by atoms with Crippen molar-refractivity contribution in [3.8, 4) is 0 Å². The lowest BCUT2D eigenvalue weighted by Crippen LogP contribution is -2.59. The molecule has 1 aliphatic heterocycles. The Balaban J connectivity index is 2.11. The minimum atomic E-state index is -0.00991. The number of hydroxylamine groups is 2. The summed E-state index contributed by atoms with van der Waals surface area (Å²) >= 11 is 0. The fraction of sp³-hybridized carbons (Fsp3) is 0.625. The molecule has 1 fully saturated rings. The molecular formula is C16H25N2O-. The van der Waals surface area contributed by atoms with E-state index in [9.17, 15) is 5.21 Å². The van der Waals surface area contributed by atoms with E-state index in [1.807, 2.05) is 6.07 Å². The van der Waals surface area contributed by atoms with Crippen molar-refractivity contribution in [2.45, 2.75) is 39.3 Å². The lowest BCUT2D eigenvalue weighted by Gasteiger charge is -2.52. The van der Waals surface area contributed by atoms with Crippen molar-refractivity contribution in [1.29, 1.82) is 0 Å². The Kier molecular flexibility index (Phi) is 4.61. The van der Waals surface area contributed by atoms with Gasteiger partial charge in [-0.05, 0) is 31.4 Å². The molecule has 1 saturated heterocycles. The van der Waals surface area contributed by atoms with Gasteiger partial charge in [0.05, 0.1) is 0 Å². The summed E-state index contributed by atoms with van der Waals surface area (Å²) in [6.07, 6.45) is 1.07. The first-order valence-electron chi connectivity index (χ1n) is 7.21. The van der Waals surface area contributed by atoms with Crippen LogP contribution in [0.5, 0.6) is 0 Å². The van der Waals surface area contributed by atoms with Gasteiger partial charge in [-0.25, -0.2) is 0 Å². The summed E-state index contributed by atoms with van der Waals surface area (Å²) in [6.45, 7) is 9.75. The molecule has 0 amide bonds. The van der Waals surface area contributed by atoms with Gasteiger partial charge >= 0.3 is 0 Å². The van der Waals surface area contributed by atoms with E-state index < -0.39 is 0 Å². The SMILES string of the molecule is CC(C)CC1(C)CN([O-])CCN1Cc1ccccc1. The standard InChI is InChI=1S/C16H25N2O/c1-14(2)11-16(3)13-18(19)10-9-17(16)12-15-7-5-4-6-8-15/h4-8,14H,9-13H2,1-3H3/q-1. The fourth-order valence-corrected chi connectivity index (χ4v) is 3.21. The van der Waals surface area contributed by atoms with Crippen molar-refractivity contribution in [3.63, 3.8) is 0 Å². The van der Waals surface area contributed by atoms with Crippen molar-refractivity contribution < 1.29 is 0 Å². The van der Waals surface area contributed by atoms with Crippen molar-refractivity contribution in [3.05, 3.63) is 41.1 Å². The van der Waals surface area contributed by atoms with Crippen molar-refractivity contribution in [2.75, 3.05) is 19.6 Å². The number of hydrogen-bond donors (Lipinski definition) is 0. The minimum Gasteiger partial charge on any atom is -0.785 e. The zero-order valence-corrected chi connectivity index (χ0v) is 12.3. The molecule has 0 aliphatic carbocycles. The first-order valence-corrected chi connectivity index (χ1v) is 7.21. The molecule has 1 heterocycles. The molecule has 1 aromatic rings. The molecule has 106 valence electrons. The van der Waals surface area contributed by atoms with E-state index in [2.05, 4.69) is 49.9 Å². The Labute approximate surface area is 116 Å². The maximum atomic E-state index is 11.7. The average Bonchev–Trinajstić information content (AvgIpc) is 2.33. The normalized spacial score (nSPS) is 25.9. The first kappa shape index (κ1) is 14.5. The highest BCUT2D eigenvalue weighted by atomic mass is 16.5. The maximum absolute atomic E-state index is 11.7. The summed E-state index contributed by atoms with van der Waals surface area (Å²) in [7, 11) is 0. The fourth-order valence-electron chi connectivity index (χ4n) is 3.21. The van der Waals surface area contributed by atoms with E-state index in [-0.39, 0.29) is 5.54 Å². The molecule has 1 unspecified atom stereocenters. The molecule has 0 aromatic heterocycles. The number of hydrogen-bond acceptors (Lipinski definition) is 3. The van der Waals surface area contributed by atoms with Crippen LogP contribution in [-0.4, -0.2) is 35.1 Å². The van der Waals surface area contributed by atoms with Gasteiger partial charge < -0.3 is 10.3 Å². The smallest absolute Gasteiger partial charge is 0.0305 e. The predicted molar refractivity (Wildman–Crippen MR) is 79.7 cm³/mol. The Morgan fingerprint density at radius 2 is 1.89 bits per heavy atom. The number of nitrogens with zero attached hydrogens (tertiary/aromatic N) is 2. The molecule has 1 aromatic carbocycles. The van der Waals surface area contributed by atoms with Crippen LogP contribution >= 0.6 is 0 Å². The highest BCUT2D eigenvalue weighted by molar-refractivity contribution is 5.15. The molecule has 0 N–H and O–H groups in total. The topological polar surface area (TPSA) is 29.5 Å². The highest BCUT2D eigenvalue weighted by Crippen LogP contribution is 2.29. The van der Waals surface area contributed by atoms with Gasteiger partial charge in [0.25, 0.3) is 0 Å². The molecule has 19 heavy (non-hydrogen) atoms. The molecule has 0 saturated carbocycles. The third kappa shape index (κ3) is 3.78. The summed E-state index contributed by atoms with van der Waals surface area (Å²) in [6, 6.07) is 10.5. The Morgan fingerprint density at radius 3 is 2.53 bits per heavy atom. The van der Waals surface area contributed by atoms with Gasteiger partial charge in [0, 0.05) is 25.2 Å². The average molecular weight is 261 g/mol. The molecule has 1 aliphatic rings. The highest BCUT2D eigenvalue weighted by Gasteiger charge is 2.35. The Hall–Kier alpha value is -0.900. The van der Waals surface area contributed by atoms with Gasteiger partial charge in [0.1, 0.15) is 0 Å². The third-order valence-electron chi connectivity index (χ3n) is 3.96. The largest absolute Gasteiger partial charge is 0.785 e. The van der Waals surface area contributed by atoms with Gasteiger partial charge in [-0.15, -0.1) is 0 Å². The Bertz CT molecular complexity index is 389. The van der Waals surface area contributed by atoms with E-state index in [1.54, 1.807) is 0 Å². The maximum Gasteiger partial charge on any atom is 0.0305 e. The minimum absolute atomic E-state index is 0.00991. The molecule has 0 radical (unpaired) electrons. The molecular weight excluding hydrogens is 236 g/mol. The molecule has 2 rings (SSSR count). The van der Waals surface area contributed by atoms with E-state index >= 15 is 0 Å². The number of piperazine rings is 1. The quantitative estimate of drug-likeness (QED) is 0.834. The summed E-state index contributed by atoms with van der Waals surface area (Å²) < 4.78 is 0. The van der Waals surface area contributed by atoms with Crippen LogP contribution in [0, 0.1) is 11.1 Å². The van der Waals surface area contributed by atoms with E-state index in [0.29, 0.717) is 19.0 Å². The van der Waals surface area contributed by atoms with E-state index in [4.69, 9.17) is 0 Å². The molecule has 1 atom stereocenters. The van der Waals surface area contributed by atoms with Crippen LogP contribution < -0.4 is 0 Å². The van der Waals surface area contributed by atoms with Crippen molar-refractivity contribution >= 4 is 0 Å². The van der Waals surface area contributed by atoms with Gasteiger partial charge in [-0.1, -0.05) is 44.2 Å². The monoisotopic (exact) mass is 261 g/mol. The summed E-state index contributed by atoms with van der Waals surface area (Å²) in [5.74, 6) is 0.606. The van der Waals surface area contributed by atoms with Crippen LogP contribution in [-0.2, 0) is 6.54 Å². The molecule has 0 bridgehead atoms. The van der Waals surface area contributed by atoms with Crippen molar-refractivity contribution in [1.82, 2.24) is 9.96 Å². The third-order valence-corrected chi connectivity index (χ3v) is 3.96. The van der Waals surface area contributed by atoms with Gasteiger partial charge in [-0.3, -0.25) is 4.90 Å². The van der Waals surface area contributed by atoms with Crippen LogP contribution in [0.3, 0.4) is 0 Å². The van der Waals surface area contributed by atoms with Gasteiger partial charge in [0.15, 0.2) is 0 Å². The summed E-state index contributed by atoms with van der Waals surface area (Å²) in [5.41, 5.74) is 1.32. The van der Waals surface area contributed by atoms with Gasteiger partial charge in [-0.2, -0.15) is 0 Å². The van der Waals surface area contributed by atoms with Crippen LogP contribution in [0.1, 0.15) is 32.8 Å². The second-order valence-electron chi connectivity index (χ2n) is 6.37. The number of benzene rings is 1. The zero-order chi connectivity index (χ0) is 13.9. The van der Waals surface area contributed by atoms with Crippen LogP contribution in [0.4, 0.5) is 0 Å². The number of rotatable bonds is 4. The molecule has 0 spiro atoms. The second kappa shape index (κ2) is 6.04. The molecule has 3 nitrogen and oxygen atoms in total. The second-order valence-corrected chi connectivity index (χ2v) is 6.37. The molecule has 3 heteroatoms. The van der Waals surface area contributed by atoms with E-state index in [0.717, 1.165) is 19.5 Å². The predicted octanol–water partition coefficient (Wildman–Crippen LogP) is 3.11. The van der Waals surface area contributed by atoms with Crippen molar-refractivity contribution in [2.24, 2.45) is 5.92 Å². The summed E-state index contributed by atoms with van der Waals surface area (Å²) in [4.78, 5) is 2.48. The van der Waals surface area contributed by atoms with E-state index in [1.165, 1.54) is 10.6 Å². The lowest BCUT2D eigenvalue weighted by molar-refractivity contribution is 0.00687.